The largest absolute Gasteiger partial charge is 0.486 e. The number of benzene rings is 1. The molecule has 0 aliphatic carbocycles. The molecule has 0 bridgehead atoms. The van der Waals surface area contributed by atoms with Crippen LogP contribution in [0.5, 0.6) is 0 Å². The fraction of sp³-hybridized carbons (Fsp3) is 0.143. The van der Waals surface area contributed by atoms with Crippen molar-refractivity contribution in [1.82, 2.24) is 19.9 Å². The first kappa shape index (κ1) is 18.2. The van der Waals surface area contributed by atoms with Crippen LogP contribution in [0.4, 0.5) is 19.0 Å². The Balaban J connectivity index is 2.18. The standard InChI is InChI=1S/C14H8Cl2F3N5O2/c1-25-5-20-11-4-10(13-21-6-26-23-13)22-24(11)12-8(15)2-7(3-9(12)16)14(17,18)19/h2-6H,1H3. The summed E-state index contributed by atoms with van der Waals surface area (Å²) in [4.78, 5) is 7.87. The number of methoxy groups -OCH3 is 1. The lowest BCUT2D eigenvalue weighted by atomic mass is 10.2. The predicted molar refractivity (Wildman–Crippen MR) is 87.0 cm³/mol. The fourth-order valence-electron chi connectivity index (χ4n) is 2.06. The molecule has 3 aromatic rings. The first-order chi connectivity index (χ1) is 12.3. The van der Waals surface area contributed by atoms with Gasteiger partial charge in [0.15, 0.2) is 12.2 Å². The maximum atomic E-state index is 12.9. The Labute approximate surface area is 154 Å². The summed E-state index contributed by atoms with van der Waals surface area (Å²) >= 11 is 12.1. The molecule has 0 aliphatic heterocycles. The van der Waals surface area contributed by atoms with E-state index in [2.05, 4.69) is 24.8 Å². The van der Waals surface area contributed by atoms with Crippen LogP contribution >= 0.6 is 23.2 Å². The van der Waals surface area contributed by atoms with Gasteiger partial charge in [0.1, 0.15) is 11.4 Å². The van der Waals surface area contributed by atoms with Crippen LogP contribution in [0.1, 0.15) is 5.56 Å². The molecule has 0 spiro atoms. The second-order valence-corrected chi connectivity index (χ2v) is 5.63. The molecule has 2 heterocycles. The molecule has 0 N–H and O–H groups in total. The van der Waals surface area contributed by atoms with Crippen molar-refractivity contribution in [3.05, 3.63) is 40.2 Å². The van der Waals surface area contributed by atoms with Gasteiger partial charge in [-0.2, -0.15) is 23.3 Å². The van der Waals surface area contributed by atoms with E-state index in [1.165, 1.54) is 13.2 Å². The van der Waals surface area contributed by atoms with Crippen LogP contribution in [0.25, 0.3) is 17.2 Å². The molecule has 1 aromatic carbocycles. The number of halogens is 5. The van der Waals surface area contributed by atoms with Gasteiger partial charge in [-0.25, -0.2) is 9.67 Å². The molecular formula is C14H8Cl2F3N5O2. The first-order valence-electron chi connectivity index (χ1n) is 6.80. The zero-order valence-electron chi connectivity index (χ0n) is 12.8. The Bertz CT molecular complexity index is 931. The van der Waals surface area contributed by atoms with E-state index in [0.717, 1.165) is 29.6 Å². The van der Waals surface area contributed by atoms with E-state index in [1.807, 2.05) is 0 Å². The number of ether oxygens (including phenoxy) is 1. The van der Waals surface area contributed by atoms with Crippen molar-refractivity contribution in [3.63, 3.8) is 0 Å². The van der Waals surface area contributed by atoms with E-state index in [4.69, 9.17) is 27.9 Å². The topological polar surface area (TPSA) is 78.3 Å². The van der Waals surface area contributed by atoms with Gasteiger partial charge >= 0.3 is 6.18 Å². The van der Waals surface area contributed by atoms with Crippen molar-refractivity contribution in [2.24, 2.45) is 4.99 Å². The Kier molecular flexibility index (Phi) is 4.88. The van der Waals surface area contributed by atoms with E-state index in [1.54, 1.807) is 0 Å². The molecular weight excluding hydrogens is 398 g/mol. The summed E-state index contributed by atoms with van der Waals surface area (Å²) in [5.74, 6) is 0.326. The van der Waals surface area contributed by atoms with Gasteiger partial charge in [-0.05, 0) is 12.1 Å². The van der Waals surface area contributed by atoms with E-state index in [9.17, 15) is 13.2 Å². The minimum atomic E-state index is -4.59. The summed E-state index contributed by atoms with van der Waals surface area (Å²) in [6, 6.07) is 2.97. The second kappa shape index (κ2) is 6.96. The third-order valence-corrected chi connectivity index (χ3v) is 3.70. The molecule has 7 nitrogen and oxygen atoms in total. The molecule has 0 aliphatic rings. The highest BCUT2D eigenvalue weighted by Crippen LogP contribution is 2.39. The summed E-state index contributed by atoms with van der Waals surface area (Å²) in [6.45, 7) is 0. The number of hydrogen-bond acceptors (Lipinski definition) is 6. The Morgan fingerprint density at radius 1 is 1.23 bits per heavy atom. The summed E-state index contributed by atoms with van der Waals surface area (Å²) in [5.41, 5.74) is -0.725. The predicted octanol–water partition coefficient (Wildman–Crippen LogP) is 4.55. The molecule has 0 saturated carbocycles. The highest BCUT2D eigenvalue weighted by molar-refractivity contribution is 6.38. The molecule has 0 fully saturated rings. The normalized spacial score (nSPS) is 12.1. The third kappa shape index (κ3) is 3.51. The van der Waals surface area contributed by atoms with Crippen LogP contribution in [0.15, 0.2) is 34.1 Å². The SMILES string of the molecule is COC=Nc1cc(-c2ncon2)nn1-c1c(Cl)cc(C(F)(F)F)cc1Cl. The van der Waals surface area contributed by atoms with Gasteiger partial charge in [0.2, 0.25) is 12.2 Å². The molecule has 12 heteroatoms. The van der Waals surface area contributed by atoms with Crippen LogP contribution in [0, 0.1) is 0 Å². The van der Waals surface area contributed by atoms with Crippen molar-refractivity contribution in [3.8, 4) is 17.2 Å². The van der Waals surface area contributed by atoms with E-state index in [0.29, 0.717) is 0 Å². The zero-order valence-corrected chi connectivity index (χ0v) is 14.3. The molecule has 0 saturated heterocycles. The van der Waals surface area contributed by atoms with Crippen molar-refractivity contribution in [2.75, 3.05) is 7.11 Å². The van der Waals surface area contributed by atoms with Gasteiger partial charge in [0.05, 0.1) is 22.7 Å². The number of aliphatic imine (C=N–C) groups is 1. The molecule has 136 valence electrons. The van der Waals surface area contributed by atoms with Crippen LogP contribution in [0.3, 0.4) is 0 Å². The highest BCUT2D eigenvalue weighted by Gasteiger charge is 2.32. The summed E-state index contributed by atoms with van der Waals surface area (Å²) in [5, 5.41) is 7.32. The lowest BCUT2D eigenvalue weighted by molar-refractivity contribution is -0.137. The fourth-order valence-corrected chi connectivity index (χ4v) is 2.71. The van der Waals surface area contributed by atoms with Gasteiger partial charge in [-0.15, -0.1) is 0 Å². The Morgan fingerprint density at radius 2 is 1.92 bits per heavy atom. The number of hydrogen-bond donors (Lipinski definition) is 0. The molecule has 3 rings (SSSR count). The molecule has 0 atom stereocenters. The smallest absolute Gasteiger partial charge is 0.416 e. The summed E-state index contributed by atoms with van der Waals surface area (Å²) < 4.78 is 49.3. The molecule has 0 unspecified atom stereocenters. The van der Waals surface area contributed by atoms with Crippen LogP contribution in [-0.2, 0) is 10.9 Å². The maximum absolute atomic E-state index is 12.9. The van der Waals surface area contributed by atoms with E-state index in [-0.39, 0.29) is 33.1 Å². The minimum Gasteiger partial charge on any atom is -0.486 e. The maximum Gasteiger partial charge on any atom is 0.416 e. The van der Waals surface area contributed by atoms with E-state index >= 15 is 0 Å². The molecule has 0 amide bonds. The average Bonchev–Trinajstić information content (AvgIpc) is 3.21. The van der Waals surface area contributed by atoms with Crippen molar-refractivity contribution >= 4 is 35.4 Å². The molecule has 26 heavy (non-hydrogen) atoms. The number of rotatable bonds is 4. The van der Waals surface area contributed by atoms with Gasteiger partial charge in [0, 0.05) is 6.07 Å². The Hall–Kier alpha value is -2.59. The number of nitrogens with zero attached hydrogens (tertiary/aromatic N) is 5. The lowest BCUT2D eigenvalue weighted by Gasteiger charge is -2.13. The van der Waals surface area contributed by atoms with Crippen LogP contribution in [0.2, 0.25) is 10.0 Å². The lowest BCUT2D eigenvalue weighted by Crippen LogP contribution is -2.07. The summed E-state index contributed by atoms with van der Waals surface area (Å²) in [6.07, 6.45) is -2.38. The van der Waals surface area contributed by atoms with E-state index < -0.39 is 11.7 Å². The molecule has 0 radical (unpaired) electrons. The quantitative estimate of drug-likeness (QED) is 0.469. The van der Waals surface area contributed by atoms with Crippen molar-refractivity contribution < 1.29 is 22.4 Å². The summed E-state index contributed by atoms with van der Waals surface area (Å²) in [7, 11) is 1.38. The first-order valence-corrected chi connectivity index (χ1v) is 7.55. The second-order valence-electron chi connectivity index (χ2n) is 4.81. The van der Waals surface area contributed by atoms with Crippen molar-refractivity contribution in [1.29, 1.82) is 0 Å². The van der Waals surface area contributed by atoms with Crippen molar-refractivity contribution in [2.45, 2.75) is 6.18 Å². The zero-order chi connectivity index (χ0) is 18.9. The van der Waals surface area contributed by atoms with Gasteiger partial charge in [0.25, 0.3) is 0 Å². The highest BCUT2D eigenvalue weighted by atomic mass is 35.5. The van der Waals surface area contributed by atoms with Gasteiger partial charge in [-0.3, -0.25) is 0 Å². The van der Waals surface area contributed by atoms with Gasteiger partial charge in [-0.1, -0.05) is 28.4 Å². The monoisotopic (exact) mass is 405 g/mol. The average molecular weight is 406 g/mol. The third-order valence-electron chi connectivity index (χ3n) is 3.13. The number of alkyl halides is 3. The number of aromatic nitrogens is 4. The minimum absolute atomic E-state index is 0.0133. The van der Waals surface area contributed by atoms with Crippen LogP contribution < -0.4 is 0 Å². The Morgan fingerprint density at radius 3 is 2.46 bits per heavy atom. The van der Waals surface area contributed by atoms with Gasteiger partial charge < -0.3 is 9.26 Å². The van der Waals surface area contributed by atoms with Crippen LogP contribution in [-0.4, -0.2) is 33.4 Å². The molecule has 2 aromatic heterocycles.